The topological polar surface area (TPSA) is 60.9 Å². The van der Waals surface area contributed by atoms with Crippen LogP contribution in [0.15, 0.2) is 0 Å². The number of carboxylic acids is 1. The molecule has 2 aliphatic heterocycles. The van der Waals surface area contributed by atoms with Crippen LogP contribution < -0.4 is 0 Å². The monoisotopic (exact) mass is 330 g/mol. The maximum absolute atomic E-state index is 13.0. The first-order valence-corrected chi connectivity index (χ1v) is 9.65. The van der Waals surface area contributed by atoms with Crippen molar-refractivity contribution in [3.05, 3.63) is 0 Å². The summed E-state index contributed by atoms with van der Waals surface area (Å²) in [7, 11) is 0. The SMILES string of the molecule is CC1SCCN(C(=O)N2C(C(=O)O)CSC2C2CC2)C1C. The minimum absolute atomic E-state index is 0.0654. The summed E-state index contributed by atoms with van der Waals surface area (Å²) >= 11 is 3.53. The zero-order chi connectivity index (χ0) is 15.1. The average molecular weight is 330 g/mol. The molecule has 1 N–H and O–H groups in total. The van der Waals surface area contributed by atoms with Crippen LogP contribution in [-0.2, 0) is 4.79 Å². The van der Waals surface area contributed by atoms with Gasteiger partial charge in [0.1, 0.15) is 6.04 Å². The number of nitrogens with zero attached hydrogens (tertiary/aromatic N) is 2. The van der Waals surface area contributed by atoms with Crippen molar-refractivity contribution in [2.75, 3.05) is 18.1 Å². The molecule has 4 atom stereocenters. The number of hydrogen-bond donors (Lipinski definition) is 1. The van der Waals surface area contributed by atoms with Gasteiger partial charge in [-0.25, -0.2) is 9.59 Å². The molecular weight excluding hydrogens is 308 g/mol. The van der Waals surface area contributed by atoms with E-state index in [1.54, 1.807) is 16.7 Å². The molecule has 0 bridgehead atoms. The van der Waals surface area contributed by atoms with E-state index in [1.165, 1.54) is 0 Å². The Morgan fingerprint density at radius 3 is 2.52 bits per heavy atom. The second-order valence-corrected chi connectivity index (χ2v) is 8.75. The van der Waals surface area contributed by atoms with Crippen LogP contribution in [0.4, 0.5) is 4.79 Å². The Hall–Kier alpha value is -0.560. The largest absolute Gasteiger partial charge is 0.480 e. The second kappa shape index (κ2) is 5.91. The molecule has 3 aliphatic rings. The predicted octanol–water partition coefficient (Wildman–Crippen LogP) is 2.17. The van der Waals surface area contributed by atoms with E-state index in [9.17, 15) is 14.7 Å². The van der Waals surface area contributed by atoms with E-state index < -0.39 is 12.0 Å². The maximum atomic E-state index is 13.0. The van der Waals surface area contributed by atoms with Gasteiger partial charge in [0.25, 0.3) is 0 Å². The summed E-state index contributed by atoms with van der Waals surface area (Å²) in [5.74, 6) is 1.08. The van der Waals surface area contributed by atoms with E-state index in [4.69, 9.17) is 0 Å². The van der Waals surface area contributed by atoms with Crippen LogP contribution in [0.5, 0.6) is 0 Å². The number of amides is 2. The number of urea groups is 1. The number of carboxylic acid groups (broad SMARTS) is 1. The third kappa shape index (κ3) is 2.86. The first-order chi connectivity index (χ1) is 10.0. The fourth-order valence-electron chi connectivity index (χ4n) is 3.06. The lowest BCUT2D eigenvalue weighted by molar-refractivity contribution is -0.141. The van der Waals surface area contributed by atoms with Crippen LogP contribution in [0, 0.1) is 5.92 Å². The lowest BCUT2D eigenvalue weighted by Gasteiger charge is -2.41. The van der Waals surface area contributed by atoms with Crippen molar-refractivity contribution in [2.24, 2.45) is 5.92 Å². The van der Waals surface area contributed by atoms with Gasteiger partial charge in [-0.15, -0.1) is 11.8 Å². The van der Waals surface area contributed by atoms with Crippen molar-refractivity contribution in [2.45, 2.75) is 49.4 Å². The average Bonchev–Trinajstić information content (AvgIpc) is 3.19. The number of hydrogen-bond acceptors (Lipinski definition) is 4. The molecule has 1 saturated carbocycles. The van der Waals surface area contributed by atoms with E-state index in [1.807, 2.05) is 16.7 Å². The highest BCUT2D eigenvalue weighted by Crippen LogP contribution is 2.46. The van der Waals surface area contributed by atoms with Crippen molar-refractivity contribution in [1.82, 2.24) is 9.80 Å². The van der Waals surface area contributed by atoms with Crippen molar-refractivity contribution >= 4 is 35.5 Å². The van der Waals surface area contributed by atoms with Crippen LogP contribution in [0.3, 0.4) is 0 Å². The molecule has 0 aromatic rings. The molecule has 2 saturated heterocycles. The Bertz CT molecular complexity index is 444. The number of aliphatic carboxylic acids is 1. The Kier molecular flexibility index (Phi) is 4.32. The lowest BCUT2D eigenvalue weighted by atomic mass is 10.2. The van der Waals surface area contributed by atoms with Gasteiger partial charge in [0.2, 0.25) is 0 Å². The van der Waals surface area contributed by atoms with Gasteiger partial charge in [0.05, 0.1) is 5.37 Å². The zero-order valence-corrected chi connectivity index (χ0v) is 14.0. The Labute approximate surface area is 133 Å². The van der Waals surface area contributed by atoms with Gasteiger partial charge in [-0.05, 0) is 25.7 Å². The van der Waals surface area contributed by atoms with Crippen LogP contribution in [-0.4, -0.2) is 67.7 Å². The predicted molar refractivity (Wildman–Crippen MR) is 85.7 cm³/mol. The molecular formula is C14H22N2O3S2. The highest BCUT2D eigenvalue weighted by molar-refractivity contribution is 8.00. The first kappa shape index (κ1) is 15.3. The molecule has 0 radical (unpaired) electrons. The van der Waals surface area contributed by atoms with E-state index in [2.05, 4.69) is 13.8 Å². The highest BCUT2D eigenvalue weighted by atomic mass is 32.2. The summed E-state index contributed by atoms with van der Waals surface area (Å²) in [5.41, 5.74) is 0. The summed E-state index contributed by atoms with van der Waals surface area (Å²) in [4.78, 5) is 28.0. The van der Waals surface area contributed by atoms with E-state index in [0.29, 0.717) is 16.9 Å². The summed E-state index contributed by atoms with van der Waals surface area (Å²) in [6.45, 7) is 4.93. The van der Waals surface area contributed by atoms with Crippen molar-refractivity contribution < 1.29 is 14.7 Å². The molecule has 2 amide bonds. The molecule has 3 rings (SSSR count). The quantitative estimate of drug-likeness (QED) is 0.841. The minimum atomic E-state index is -0.869. The van der Waals surface area contributed by atoms with Crippen LogP contribution in [0.25, 0.3) is 0 Å². The van der Waals surface area contributed by atoms with Gasteiger partial charge >= 0.3 is 12.0 Å². The third-order valence-corrected chi connectivity index (χ3v) is 7.50. The highest BCUT2D eigenvalue weighted by Gasteiger charge is 2.50. The second-order valence-electron chi connectivity index (χ2n) is 6.12. The number of thioether (sulfide) groups is 2. The van der Waals surface area contributed by atoms with E-state index in [-0.39, 0.29) is 17.4 Å². The molecule has 1 aliphatic carbocycles. The first-order valence-electron chi connectivity index (χ1n) is 7.55. The smallest absolute Gasteiger partial charge is 0.327 e. The lowest BCUT2D eigenvalue weighted by Crippen LogP contribution is -2.57. The Morgan fingerprint density at radius 2 is 1.90 bits per heavy atom. The standard InChI is InChI=1S/C14H22N2O3S2/c1-8-9(2)20-6-5-15(8)14(19)16-11(13(17)18)7-21-12(16)10-3-4-10/h8-12H,3-7H2,1-2H3,(H,17,18). The summed E-state index contributed by atoms with van der Waals surface area (Å²) in [6.07, 6.45) is 2.24. The zero-order valence-electron chi connectivity index (χ0n) is 12.4. The molecule has 3 fully saturated rings. The van der Waals surface area contributed by atoms with Gasteiger partial charge < -0.3 is 10.0 Å². The van der Waals surface area contributed by atoms with Crippen molar-refractivity contribution in [1.29, 1.82) is 0 Å². The summed E-state index contributed by atoms with van der Waals surface area (Å²) < 4.78 is 0. The third-order valence-electron chi connectivity index (χ3n) is 4.70. The molecule has 118 valence electrons. The van der Waals surface area contributed by atoms with Crippen molar-refractivity contribution in [3.8, 4) is 0 Å². The number of rotatable bonds is 2. The molecule has 0 aromatic heterocycles. The van der Waals surface area contributed by atoms with E-state index in [0.717, 1.165) is 25.1 Å². The Balaban J connectivity index is 1.80. The van der Waals surface area contributed by atoms with Crippen LogP contribution >= 0.6 is 23.5 Å². The molecule has 4 unspecified atom stereocenters. The Morgan fingerprint density at radius 1 is 1.19 bits per heavy atom. The minimum Gasteiger partial charge on any atom is -0.480 e. The molecule has 21 heavy (non-hydrogen) atoms. The molecule has 0 spiro atoms. The maximum Gasteiger partial charge on any atom is 0.327 e. The van der Waals surface area contributed by atoms with Crippen molar-refractivity contribution in [3.63, 3.8) is 0 Å². The number of carbonyl (C=O) groups is 2. The van der Waals surface area contributed by atoms with E-state index >= 15 is 0 Å². The van der Waals surface area contributed by atoms with Gasteiger partial charge in [-0.3, -0.25) is 4.90 Å². The van der Waals surface area contributed by atoms with Crippen LogP contribution in [0.1, 0.15) is 26.7 Å². The fraction of sp³-hybridized carbons (Fsp3) is 0.857. The van der Waals surface area contributed by atoms with Gasteiger partial charge in [-0.2, -0.15) is 11.8 Å². The number of carbonyl (C=O) groups excluding carboxylic acids is 1. The van der Waals surface area contributed by atoms with Gasteiger partial charge in [0.15, 0.2) is 0 Å². The van der Waals surface area contributed by atoms with Gasteiger partial charge in [0, 0.05) is 29.3 Å². The summed E-state index contributed by atoms with van der Waals surface area (Å²) in [6, 6.07) is -0.565. The summed E-state index contributed by atoms with van der Waals surface area (Å²) in [5, 5.41) is 9.91. The normalized spacial score (nSPS) is 36.9. The molecule has 5 nitrogen and oxygen atoms in total. The fourth-order valence-corrected chi connectivity index (χ4v) is 5.78. The molecule has 0 aromatic carbocycles. The van der Waals surface area contributed by atoms with Gasteiger partial charge in [-0.1, -0.05) is 6.92 Å². The molecule has 7 heteroatoms. The van der Waals surface area contributed by atoms with Crippen LogP contribution in [0.2, 0.25) is 0 Å². The molecule has 2 heterocycles.